The molecule has 0 aliphatic heterocycles. The second-order valence-corrected chi connectivity index (χ2v) is 9.99. The van der Waals surface area contributed by atoms with E-state index >= 15 is 0 Å². The van der Waals surface area contributed by atoms with Gasteiger partial charge in [-0.05, 0) is 41.1 Å². The lowest BCUT2D eigenvalue weighted by molar-refractivity contribution is 0.511. The highest BCUT2D eigenvalue weighted by Gasteiger charge is 2.29. The van der Waals surface area contributed by atoms with Gasteiger partial charge < -0.3 is 0 Å². The zero-order valence-corrected chi connectivity index (χ0v) is 17.0. The highest BCUT2D eigenvalue weighted by atomic mass is 79.9. The molecule has 0 spiro atoms. The third kappa shape index (κ3) is 2.74. The zero-order valence-electron chi connectivity index (χ0n) is 13.8. The molecule has 13 heteroatoms. The normalized spacial score (nSPS) is 13.0. The van der Waals surface area contributed by atoms with Gasteiger partial charge in [-0.1, -0.05) is 0 Å². The maximum Gasteiger partial charge on any atom is 0.350 e. The molecule has 0 atom stereocenters. The van der Waals surface area contributed by atoms with Crippen LogP contribution in [0.4, 0.5) is 4.39 Å². The molecule has 2 heterocycles. The molecule has 0 aliphatic carbocycles. The van der Waals surface area contributed by atoms with Crippen molar-refractivity contribution in [1.82, 2.24) is 22.4 Å². The molecule has 0 saturated heterocycles. The fraction of sp³-hybridized carbons (Fsp3) is 0.231. The van der Waals surface area contributed by atoms with Gasteiger partial charge in [0.25, 0.3) is 15.2 Å². The summed E-state index contributed by atoms with van der Waals surface area (Å²) in [6.07, 6.45) is 0.782. The van der Waals surface area contributed by atoms with Gasteiger partial charge in [-0.2, -0.15) is 8.42 Å². The first-order valence-corrected chi connectivity index (χ1v) is 10.7. The van der Waals surface area contributed by atoms with Gasteiger partial charge in [0, 0.05) is 29.6 Å². The minimum absolute atomic E-state index is 0.0851. The highest BCUT2D eigenvalue weighted by Crippen LogP contribution is 2.32. The molecule has 0 saturated carbocycles. The summed E-state index contributed by atoms with van der Waals surface area (Å²) in [4.78, 5) is 3.58. The number of aromatic nitrogens is 4. The molecular weight excluding hydrogens is 453 g/mol. The van der Waals surface area contributed by atoms with Gasteiger partial charge in [0.1, 0.15) is 12.1 Å². The quantitative estimate of drug-likeness (QED) is 0.575. The van der Waals surface area contributed by atoms with Crippen molar-refractivity contribution in [2.24, 2.45) is 0 Å². The van der Waals surface area contributed by atoms with E-state index in [4.69, 9.17) is 0 Å². The lowest BCUT2D eigenvalue weighted by Gasteiger charge is -2.09. The first-order chi connectivity index (χ1) is 12.0. The Hall–Kier alpha value is -1.83. The summed E-state index contributed by atoms with van der Waals surface area (Å²) in [5, 5.41) is 3.41. The predicted molar refractivity (Wildman–Crippen MR) is 94.9 cm³/mol. The summed E-state index contributed by atoms with van der Waals surface area (Å²) in [5.74, 6) is -0.617. The monoisotopic (exact) mass is 465 g/mol. The fourth-order valence-corrected chi connectivity index (χ4v) is 5.06. The van der Waals surface area contributed by atoms with Crippen LogP contribution in [-0.4, -0.2) is 53.4 Å². The molecule has 3 rings (SSSR count). The minimum atomic E-state index is -4.38. The number of fused-ring (bicyclic) bond motifs is 1. The molecule has 26 heavy (non-hydrogen) atoms. The van der Waals surface area contributed by atoms with Crippen LogP contribution in [0.1, 0.15) is 5.69 Å². The number of rotatable bonds is 4. The van der Waals surface area contributed by atoms with Gasteiger partial charge in [0.15, 0.2) is 0 Å². The second kappa shape index (κ2) is 6.11. The molecular formula is C13H13BrFN5O4S2. The maximum absolute atomic E-state index is 13.7. The van der Waals surface area contributed by atoms with E-state index in [2.05, 4.69) is 26.0 Å². The van der Waals surface area contributed by atoms with Crippen LogP contribution in [0.2, 0.25) is 0 Å². The Balaban J connectivity index is 2.26. The Kier molecular flexibility index (Phi) is 4.45. The first kappa shape index (κ1) is 18.9. The van der Waals surface area contributed by atoms with Crippen molar-refractivity contribution in [3.63, 3.8) is 0 Å². The van der Waals surface area contributed by atoms with Crippen LogP contribution >= 0.6 is 15.9 Å². The van der Waals surface area contributed by atoms with Crippen LogP contribution in [0, 0.1) is 12.7 Å². The van der Waals surface area contributed by atoms with Crippen molar-refractivity contribution in [3.8, 4) is 0 Å². The standard InChI is InChI=1S/C13H13BrFN5O4S2/c1-8-12(14)10-5-4-9(15)6-11(10)20(8)26(23,24)19-7-16-13(17-19)25(21,22)18(2)3/h4-7H,1-3H3. The maximum atomic E-state index is 13.7. The zero-order chi connectivity index (χ0) is 19.4. The number of hydrogen-bond acceptors (Lipinski definition) is 6. The van der Waals surface area contributed by atoms with Crippen LogP contribution < -0.4 is 0 Å². The molecule has 3 aromatic rings. The van der Waals surface area contributed by atoms with E-state index in [0.29, 0.717) is 13.9 Å². The van der Waals surface area contributed by atoms with Gasteiger partial charge >= 0.3 is 10.2 Å². The largest absolute Gasteiger partial charge is 0.350 e. The summed E-state index contributed by atoms with van der Waals surface area (Å²) in [6, 6.07) is 3.72. The van der Waals surface area contributed by atoms with Gasteiger partial charge in [-0.3, -0.25) is 0 Å². The Labute approximate surface area is 157 Å². The van der Waals surface area contributed by atoms with Crippen molar-refractivity contribution in [2.45, 2.75) is 12.1 Å². The van der Waals surface area contributed by atoms with E-state index in [9.17, 15) is 21.2 Å². The molecule has 140 valence electrons. The third-order valence-corrected chi connectivity index (χ3v) is 7.86. The van der Waals surface area contributed by atoms with Crippen LogP contribution in [-0.2, 0) is 20.2 Å². The molecule has 0 unspecified atom stereocenters. The van der Waals surface area contributed by atoms with Crippen LogP contribution in [0.25, 0.3) is 10.9 Å². The van der Waals surface area contributed by atoms with E-state index < -0.39 is 31.2 Å². The average Bonchev–Trinajstić information content (AvgIpc) is 3.13. The van der Waals surface area contributed by atoms with Gasteiger partial charge in [-0.15, -0.1) is 9.19 Å². The van der Waals surface area contributed by atoms with Crippen molar-refractivity contribution in [1.29, 1.82) is 0 Å². The Morgan fingerprint density at radius 2 is 1.85 bits per heavy atom. The van der Waals surface area contributed by atoms with Crippen LogP contribution in [0.15, 0.2) is 34.2 Å². The molecule has 0 fully saturated rings. The van der Waals surface area contributed by atoms with Crippen molar-refractivity contribution in [3.05, 3.63) is 40.5 Å². The van der Waals surface area contributed by atoms with Crippen molar-refractivity contribution in [2.75, 3.05) is 14.1 Å². The second-order valence-electron chi connectivity index (χ2n) is 5.52. The molecule has 0 N–H and O–H groups in total. The summed E-state index contributed by atoms with van der Waals surface area (Å²) in [5.41, 5.74) is 0.361. The Bertz CT molecular complexity index is 1230. The molecule has 0 aliphatic rings. The number of hydrogen-bond donors (Lipinski definition) is 0. The Morgan fingerprint density at radius 3 is 2.46 bits per heavy atom. The SMILES string of the molecule is Cc1c(Br)c2ccc(F)cc2n1S(=O)(=O)n1cnc(S(=O)(=O)N(C)C)n1. The Morgan fingerprint density at radius 1 is 1.19 bits per heavy atom. The number of nitrogens with zero attached hydrogens (tertiary/aromatic N) is 5. The molecule has 0 bridgehead atoms. The van der Waals surface area contributed by atoms with Crippen LogP contribution in [0.3, 0.4) is 0 Å². The van der Waals surface area contributed by atoms with Gasteiger partial charge in [0.05, 0.1) is 5.52 Å². The molecule has 0 radical (unpaired) electrons. The summed E-state index contributed by atoms with van der Waals surface area (Å²) >= 11 is 3.29. The van der Waals surface area contributed by atoms with Gasteiger partial charge in [0.2, 0.25) is 0 Å². The fourth-order valence-electron chi connectivity index (χ4n) is 2.33. The first-order valence-electron chi connectivity index (χ1n) is 7.04. The van der Waals surface area contributed by atoms with Crippen molar-refractivity contribution < 1.29 is 21.2 Å². The summed E-state index contributed by atoms with van der Waals surface area (Å²) in [6.45, 7) is 1.52. The third-order valence-electron chi connectivity index (χ3n) is 3.67. The van der Waals surface area contributed by atoms with E-state index in [-0.39, 0.29) is 11.2 Å². The number of halogens is 2. The molecule has 0 amide bonds. The summed E-state index contributed by atoms with van der Waals surface area (Å²) in [7, 11) is -5.84. The van der Waals surface area contributed by atoms with Crippen LogP contribution in [0.5, 0.6) is 0 Å². The molecule has 9 nitrogen and oxygen atoms in total. The molecule has 1 aromatic carbocycles. The number of benzene rings is 1. The van der Waals surface area contributed by atoms with Crippen molar-refractivity contribution >= 4 is 47.1 Å². The lowest BCUT2D eigenvalue weighted by Crippen LogP contribution is -2.26. The average molecular weight is 466 g/mol. The van der Waals surface area contributed by atoms with E-state index in [1.165, 1.54) is 33.2 Å². The highest BCUT2D eigenvalue weighted by molar-refractivity contribution is 9.10. The minimum Gasteiger partial charge on any atom is -0.222 e. The van der Waals surface area contributed by atoms with E-state index in [0.717, 1.165) is 20.7 Å². The van der Waals surface area contributed by atoms with E-state index in [1.807, 2.05) is 0 Å². The van der Waals surface area contributed by atoms with E-state index in [1.54, 1.807) is 0 Å². The molecule has 2 aromatic heterocycles. The van der Waals surface area contributed by atoms with Gasteiger partial charge in [-0.25, -0.2) is 26.1 Å². The summed E-state index contributed by atoms with van der Waals surface area (Å²) < 4.78 is 66.4. The topological polar surface area (TPSA) is 107 Å². The lowest BCUT2D eigenvalue weighted by atomic mass is 10.2. The number of sulfonamides is 1. The smallest absolute Gasteiger partial charge is 0.222 e. The predicted octanol–water partition coefficient (Wildman–Crippen LogP) is 1.33.